The van der Waals surface area contributed by atoms with Crippen LogP contribution in [0.3, 0.4) is 0 Å². The highest BCUT2D eigenvalue weighted by atomic mass is 32.2. The van der Waals surface area contributed by atoms with Crippen LogP contribution in [0, 0.1) is 0 Å². The fourth-order valence-electron chi connectivity index (χ4n) is 3.46. The molecule has 0 fully saturated rings. The van der Waals surface area contributed by atoms with Crippen molar-refractivity contribution >= 4 is 22.7 Å². The molecule has 0 aliphatic rings. The fraction of sp³-hybridized carbons (Fsp3) is 0.192. The molecule has 0 radical (unpaired) electrons. The molecule has 1 heterocycles. The molecule has 6 nitrogen and oxygen atoms in total. The highest BCUT2D eigenvalue weighted by molar-refractivity contribution is 7.99. The van der Waals surface area contributed by atoms with Crippen molar-refractivity contribution in [2.45, 2.75) is 16.4 Å². The van der Waals surface area contributed by atoms with Gasteiger partial charge in [0.25, 0.3) is 0 Å². The highest BCUT2D eigenvalue weighted by Gasteiger charge is 2.14. The van der Waals surface area contributed by atoms with Crippen LogP contribution in [0.4, 0.5) is 0 Å². The molecule has 33 heavy (non-hydrogen) atoms. The number of rotatable bonds is 9. The Morgan fingerprint density at radius 2 is 1.55 bits per heavy atom. The van der Waals surface area contributed by atoms with Crippen LogP contribution in [-0.2, 0) is 6.61 Å². The molecule has 0 amide bonds. The van der Waals surface area contributed by atoms with Crippen molar-refractivity contribution in [1.29, 1.82) is 0 Å². The van der Waals surface area contributed by atoms with Gasteiger partial charge in [-0.3, -0.25) is 4.98 Å². The van der Waals surface area contributed by atoms with Crippen LogP contribution in [0.15, 0.2) is 76.7 Å². The second kappa shape index (κ2) is 10.4. The summed E-state index contributed by atoms with van der Waals surface area (Å²) in [6.07, 6.45) is 1.81. The number of ether oxygens (including phenoxy) is 5. The summed E-state index contributed by atoms with van der Waals surface area (Å²) in [4.78, 5) is 6.75. The molecule has 0 N–H and O–H groups in total. The molecule has 4 aromatic rings. The van der Waals surface area contributed by atoms with Gasteiger partial charge in [0.1, 0.15) is 18.1 Å². The molecule has 0 atom stereocenters. The second-order valence-corrected chi connectivity index (χ2v) is 8.21. The molecule has 0 aliphatic heterocycles. The molecule has 0 saturated carbocycles. The Morgan fingerprint density at radius 3 is 2.24 bits per heavy atom. The molecule has 3 aromatic carbocycles. The van der Waals surface area contributed by atoms with Crippen LogP contribution in [0.25, 0.3) is 10.9 Å². The zero-order valence-electron chi connectivity index (χ0n) is 19.0. The van der Waals surface area contributed by atoms with E-state index >= 15 is 0 Å². The third-order valence-electron chi connectivity index (χ3n) is 5.07. The van der Waals surface area contributed by atoms with E-state index in [-0.39, 0.29) is 0 Å². The summed E-state index contributed by atoms with van der Waals surface area (Å²) in [5.41, 5.74) is 1.77. The lowest BCUT2D eigenvalue weighted by Gasteiger charge is -2.15. The van der Waals surface area contributed by atoms with E-state index in [0.29, 0.717) is 23.9 Å². The lowest BCUT2D eigenvalue weighted by atomic mass is 10.2. The normalized spacial score (nSPS) is 10.7. The van der Waals surface area contributed by atoms with Crippen LogP contribution in [0.2, 0.25) is 0 Å². The van der Waals surface area contributed by atoms with E-state index < -0.39 is 0 Å². The molecule has 0 spiro atoms. The highest BCUT2D eigenvalue weighted by Crippen LogP contribution is 2.39. The largest absolute Gasteiger partial charge is 0.497 e. The van der Waals surface area contributed by atoms with Crippen LogP contribution in [0.1, 0.15) is 5.56 Å². The molecule has 0 aliphatic carbocycles. The Bertz CT molecular complexity index is 1240. The van der Waals surface area contributed by atoms with Crippen molar-refractivity contribution in [1.82, 2.24) is 4.98 Å². The lowest BCUT2D eigenvalue weighted by Crippen LogP contribution is -2.00. The van der Waals surface area contributed by atoms with Crippen molar-refractivity contribution in [3.05, 3.63) is 72.4 Å². The Kier molecular flexibility index (Phi) is 7.10. The minimum Gasteiger partial charge on any atom is -0.497 e. The number of hydrogen-bond donors (Lipinski definition) is 0. The summed E-state index contributed by atoms with van der Waals surface area (Å²) in [5.74, 6) is 3.30. The molecule has 170 valence electrons. The number of aromatic nitrogens is 1. The van der Waals surface area contributed by atoms with E-state index in [1.807, 2.05) is 60.8 Å². The van der Waals surface area contributed by atoms with Gasteiger partial charge in [0.15, 0.2) is 11.5 Å². The van der Waals surface area contributed by atoms with E-state index in [2.05, 4.69) is 11.1 Å². The standard InChI is InChI=1S/C26H25NO5S/c1-28-18-6-5-7-20(14-18)33-25-10-11-27-22-15-19(8-9-21(22)25)32-16-17-12-23(29-2)26(31-4)24(13-17)30-3/h5-15H,16H2,1-4H3. The summed E-state index contributed by atoms with van der Waals surface area (Å²) in [6.45, 7) is 0.348. The van der Waals surface area contributed by atoms with Gasteiger partial charge >= 0.3 is 0 Å². The van der Waals surface area contributed by atoms with Crippen molar-refractivity contribution in [3.8, 4) is 28.7 Å². The van der Waals surface area contributed by atoms with Crippen molar-refractivity contribution < 1.29 is 23.7 Å². The maximum absolute atomic E-state index is 6.05. The van der Waals surface area contributed by atoms with Gasteiger partial charge in [0, 0.05) is 27.4 Å². The first-order valence-corrected chi connectivity index (χ1v) is 11.1. The molecule has 1 aromatic heterocycles. The molecular formula is C26H25NO5S. The molecule has 7 heteroatoms. The zero-order chi connectivity index (χ0) is 23.2. The van der Waals surface area contributed by atoms with E-state index in [0.717, 1.165) is 37.8 Å². The van der Waals surface area contributed by atoms with E-state index in [1.54, 1.807) is 40.2 Å². The predicted octanol–water partition coefficient (Wildman–Crippen LogP) is 6.00. The van der Waals surface area contributed by atoms with Gasteiger partial charge in [-0.05, 0) is 54.1 Å². The van der Waals surface area contributed by atoms with Gasteiger partial charge in [0.05, 0.1) is 34.0 Å². The molecule has 0 saturated heterocycles. The Labute approximate surface area is 197 Å². The molecule has 0 unspecified atom stereocenters. The van der Waals surface area contributed by atoms with Gasteiger partial charge in [-0.15, -0.1) is 0 Å². The summed E-state index contributed by atoms with van der Waals surface area (Å²) < 4.78 is 27.6. The van der Waals surface area contributed by atoms with Crippen molar-refractivity contribution in [2.24, 2.45) is 0 Å². The number of pyridine rings is 1. The quantitative estimate of drug-likeness (QED) is 0.302. The first-order chi connectivity index (χ1) is 16.1. The smallest absolute Gasteiger partial charge is 0.203 e. The number of methoxy groups -OCH3 is 4. The van der Waals surface area contributed by atoms with Crippen LogP contribution >= 0.6 is 11.8 Å². The second-order valence-electron chi connectivity index (χ2n) is 7.09. The van der Waals surface area contributed by atoms with Crippen molar-refractivity contribution in [3.63, 3.8) is 0 Å². The number of nitrogens with zero attached hydrogens (tertiary/aromatic N) is 1. The molecule has 4 rings (SSSR count). The topological polar surface area (TPSA) is 59.0 Å². The maximum atomic E-state index is 6.05. The summed E-state index contributed by atoms with van der Waals surface area (Å²) in [5, 5.41) is 1.06. The first kappa shape index (κ1) is 22.6. The molecule has 0 bridgehead atoms. The number of fused-ring (bicyclic) bond motifs is 1. The van der Waals surface area contributed by atoms with Gasteiger partial charge in [-0.1, -0.05) is 17.8 Å². The molecular weight excluding hydrogens is 438 g/mol. The van der Waals surface area contributed by atoms with E-state index in [4.69, 9.17) is 23.7 Å². The van der Waals surface area contributed by atoms with Crippen molar-refractivity contribution in [2.75, 3.05) is 28.4 Å². The third-order valence-corrected chi connectivity index (χ3v) is 6.14. The lowest BCUT2D eigenvalue weighted by molar-refractivity contribution is 0.299. The Hall–Kier alpha value is -3.58. The summed E-state index contributed by atoms with van der Waals surface area (Å²) in [6, 6.07) is 19.7. The third kappa shape index (κ3) is 5.09. The van der Waals surface area contributed by atoms with Gasteiger partial charge in [-0.2, -0.15) is 0 Å². The van der Waals surface area contributed by atoms with Gasteiger partial charge in [0.2, 0.25) is 5.75 Å². The van der Waals surface area contributed by atoms with E-state index in [9.17, 15) is 0 Å². The van der Waals surface area contributed by atoms with E-state index in [1.165, 1.54) is 0 Å². The van der Waals surface area contributed by atoms with Crippen LogP contribution in [-0.4, -0.2) is 33.4 Å². The summed E-state index contributed by atoms with van der Waals surface area (Å²) >= 11 is 1.67. The minimum absolute atomic E-state index is 0.348. The van der Waals surface area contributed by atoms with Crippen LogP contribution in [0.5, 0.6) is 28.7 Å². The average Bonchev–Trinajstić information content (AvgIpc) is 2.86. The SMILES string of the molecule is COc1cccc(Sc2ccnc3cc(OCc4cc(OC)c(OC)c(OC)c4)ccc23)c1. The van der Waals surface area contributed by atoms with Crippen LogP contribution < -0.4 is 23.7 Å². The Morgan fingerprint density at radius 1 is 0.758 bits per heavy atom. The number of hydrogen-bond acceptors (Lipinski definition) is 7. The average molecular weight is 464 g/mol. The minimum atomic E-state index is 0.348. The monoisotopic (exact) mass is 463 g/mol. The van der Waals surface area contributed by atoms with Gasteiger partial charge < -0.3 is 23.7 Å². The summed E-state index contributed by atoms with van der Waals surface area (Å²) in [7, 11) is 6.45. The fourth-order valence-corrected chi connectivity index (χ4v) is 4.44. The zero-order valence-corrected chi connectivity index (χ0v) is 19.8. The Balaban J connectivity index is 1.54. The first-order valence-electron chi connectivity index (χ1n) is 10.3. The number of benzene rings is 3. The maximum Gasteiger partial charge on any atom is 0.203 e. The van der Waals surface area contributed by atoms with Gasteiger partial charge in [-0.25, -0.2) is 0 Å². The predicted molar refractivity (Wildman–Crippen MR) is 129 cm³/mol.